The second-order valence-corrected chi connectivity index (χ2v) is 21.6. The predicted octanol–water partition coefficient (Wildman–Crippen LogP) is 19.8. The highest BCUT2D eigenvalue weighted by molar-refractivity contribution is 7.25. The third kappa shape index (κ3) is 7.50. The summed E-state index contributed by atoms with van der Waals surface area (Å²) in [5.74, 6) is 0. The largest absolute Gasteiger partial charge is 0.456 e. The molecule has 0 bridgehead atoms. The Morgan fingerprint density at radius 1 is 0.362 bits per heavy atom. The minimum atomic E-state index is -0.0179. The first-order chi connectivity index (χ1) is 33.5. The molecule has 2 aromatic heterocycles. The normalized spacial score (nSPS) is 12.2. The molecule has 0 aliphatic carbocycles. The number of furan rings is 1. The summed E-state index contributed by atoms with van der Waals surface area (Å²) in [5, 5.41) is 7.29. The van der Waals surface area contributed by atoms with E-state index in [1.807, 2.05) is 23.5 Å². The molecule has 0 aliphatic heterocycles. The molecular formula is C66H53NOS. The van der Waals surface area contributed by atoms with Crippen LogP contribution in [0.5, 0.6) is 0 Å². The molecule has 0 N–H and O–H groups in total. The van der Waals surface area contributed by atoms with E-state index in [-0.39, 0.29) is 10.8 Å². The molecule has 334 valence electrons. The fourth-order valence-corrected chi connectivity index (χ4v) is 11.5. The summed E-state index contributed by atoms with van der Waals surface area (Å²) in [4.78, 5) is 2.50. The van der Waals surface area contributed by atoms with Gasteiger partial charge in [-0.1, -0.05) is 199 Å². The van der Waals surface area contributed by atoms with Gasteiger partial charge >= 0.3 is 0 Å². The van der Waals surface area contributed by atoms with Crippen molar-refractivity contribution in [1.29, 1.82) is 0 Å². The first-order valence-electron chi connectivity index (χ1n) is 24.1. The lowest BCUT2D eigenvalue weighted by Crippen LogP contribution is -2.16. The van der Waals surface area contributed by atoms with Crippen LogP contribution in [0.15, 0.2) is 217 Å². The maximum absolute atomic E-state index is 6.43. The smallest absolute Gasteiger partial charge is 0.136 e. The van der Waals surface area contributed by atoms with Gasteiger partial charge in [0.2, 0.25) is 0 Å². The van der Waals surface area contributed by atoms with E-state index in [4.69, 9.17) is 4.42 Å². The minimum Gasteiger partial charge on any atom is -0.456 e. The van der Waals surface area contributed by atoms with Gasteiger partial charge in [-0.05, 0) is 121 Å². The van der Waals surface area contributed by atoms with Gasteiger partial charge in [0.05, 0.1) is 11.4 Å². The summed E-state index contributed by atoms with van der Waals surface area (Å²) >= 11 is 1.86. The van der Waals surface area contributed by atoms with Crippen LogP contribution >= 0.6 is 11.3 Å². The van der Waals surface area contributed by atoms with Gasteiger partial charge in [0.15, 0.2) is 0 Å². The van der Waals surface area contributed by atoms with Crippen molar-refractivity contribution in [2.24, 2.45) is 0 Å². The highest BCUT2D eigenvalue weighted by Crippen LogP contribution is 2.50. The summed E-state index contributed by atoms with van der Waals surface area (Å²) in [6.07, 6.45) is 0. The number of fused-ring (bicyclic) bond motifs is 7. The fourth-order valence-electron chi connectivity index (χ4n) is 10.4. The number of rotatable bonds is 7. The fraction of sp³-hybridized carbons (Fsp3) is 0.121. The monoisotopic (exact) mass is 907 g/mol. The van der Waals surface area contributed by atoms with Crippen LogP contribution in [0.25, 0.3) is 97.4 Å². The molecule has 0 aliphatic rings. The van der Waals surface area contributed by atoms with Crippen molar-refractivity contribution in [1.82, 2.24) is 0 Å². The third-order valence-electron chi connectivity index (χ3n) is 14.0. The first-order valence-corrected chi connectivity index (χ1v) is 24.9. The molecule has 0 saturated heterocycles. The lowest BCUT2D eigenvalue weighted by Gasteiger charge is -2.31. The molecule has 0 fully saturated rings. The van der Waals surface area contributed by atoms with E-state index < -0.39 is 0 Å². The van der Waals surface area contributed by atoms with E-state index in [1.54, 1.807) is 0 Å². The molecule has 12 aromatic rings. The number of para-hydroxylation sites is 3. The molecule has 0 amide bonds. The standard InChI is InChI=1S/C66H53NOS/c1-65(2,3)46-37-45(38-47(41-46)66(4,5)6)49-27-16-19-42-20-17-28-54(63(42)49)50-23-7-11-30-57(50)67(48-22-15-21-43(39-48)44-35-36-53-52-25-9-13-32-59(52)68-60(53)40-44)58-31-12-8-24-51(58)55-29-18-34-62-64(55)56-26-10-14-33-61(56)69-62/h7-41H,1-6H3. The van der Waals surface area contributed by atoms with Crippen LogP contribution in [0.4, 0.5) is 17.1 Å². The molecule has 2 heterocycles. The minimum absolute atomic E-state index is 0.0179. The Morgan fingerprint density at radius 3 is 1.61 bits per heavy atom. The summed E-state index contributed by atoms with van der Waals surface area (Å²) in [7, 11) is 0. The van der Waals surface area contributed by atoms with Gasteiger partial charge in [0, 0.05) is 47.8 Å². The van der Waals surface area contributed by atoms with Crippen LogP contribution in [0.3, 0.4) is 0 Å². The number of anilines is 3. The van der Waals surface area contributed by atoms with Crippen LogP contribution in [-0.2, 0) is 10.8 Å². The topological polar surface area (TPSA) is 16.4 Å². The predicted molar refractivity (Wildman–Crippen MR) is 298 cm³/mol. The van der Waals surface area contributed by atoms with Crippen molar-refractivity contribution in [3.05, 3.63) is 223 Å². The number of hydrogen-bond acceptors (Lipinski definition) is 3. The molecule has 0 atom stereocenters. The van der Waals surface area contributed by atoms with Crippen LogP contribution < -0.4 is 4.90 Å². The second kappa shape index (κ2) is 16.5. The first kappa shape index (κ1) is 42.6. The van der Waals surface area contributed by atoms with Gasteiger partial charge in [0.25, 0.3) is 0 Å². The number of benzene rings is 10. The van der Waals surface area contributed by atoms with Crippen molar-refractivity contribution in [3.63, 3.8) is 0 Å². The molecular weight excluding hydrogens is 855 g/mol. The van der Waals surface area contributed by atoms with Gasteiger partial charge in [-0.2, -0.15) is 0 Å². The van der Waals surface area contributed by atoms with Gasteiger partial charge in [0.1, 0.15) is 11.2 Å². The van der Waals surface area contributed by atoms with E-state index in [0.29, 0.717) is 0 Å². The van der Waals surface area contributed by atoms with Crippen molar-refractivity contribution >= 4 is 81.3 Å². The molecule has 12 rings (SSSR count). The molecule has 3 heteroatoms. The van der Waals surface area contributed by atoms with Crippen LogP contribution in [-0.4, -0.2) is 0 Å². The average molecular weight is 908 g/mol. The summed E-state index contributed by atoms with van der Waals surface area (Å²) in [6.45, 7) is 13.9. The Morgan fingerprint density at radius 2 is 0.899 bits per heavy atom. The Balaban J connectivity index is 1.11. The van der Waals surface area contributed by atoms with Crippen molar-refractivity contribution in [3.8, 4) is 44.5 Å². The molecule has 0 radical (unpaired) electrons. The van der Waals surface area contributed by atoms with Crippen LogP contribution in [0, 0.1) is 0 Å². The Bertz CT molecular complexity index is 3910. The zero-order valence-electron chi connectivity index (χ0n) is 40.0. The SMILES string of the molecule is CC(C)(C)c1cc(-c2cccc3cccc(-c4ccccc4N(c4cccc(-c5ccc6c(c5)oc5ccccc56)c4)c4ccccc4-c4cccc5sc6ccccc6c45)c23)cc(C(C)(C)C)c1. The number of hydrogen-bond donors (Lipinski definition) is 0. The summed E-state index contributed by atoms with van der Waals surface area (Å²) < 4.78 is 9.01. The van der Waals surface area contributed by atoms with E-state index in [2.05, 4.69) is 247 Å². The zero-order valence-corrected chi connectivity index (χ0v) is 40.8. The quantitative estimate of drug-likeness (QED) is 0.158. The van der Waals surface area contributed by atoms with E-state index >= 15 is 0 Å². The van der Waals surface area contributed by atoms with Crippen LogP contribution in [0.2, 0.25) is 0 Å². The Kier molecular flexibility index (Phi) is 10.2. The van der Waals surface area contributed by atoms with Gasteiger partial charge < -0.3 is 9.32 Å². The molecule has 0 spiro atoms. The summed E-state index contributed by atoms with van der Waals surface area (Å²) in [6, 6.07) is 78.4. The van der Waals surface area contributed by atoms with Gasteiger partial charge in [-0.15, -0.1) is 11.3 Å². The van der Waals surface area contributed by atoms with E-state index in [9.17, 15) is 0 Å². The molecule has 69 heavy (non-hydrogen) atoms. The maximum Gasteiger partial charge on any atom is 0.136 e. The third-order valence-corrected chi connectivity index (χ3v) is 15.1. The van der Waals surface area contributed by atoms with Crippen molar-refractivity contribution < 1.29 is 4.42 Å². The number of thiophene rings is 1. The number of nitrogens with zero attached hydrogens (tertiary/aromatic N) is 1. The van der Waals surface area contributed by atoms with Crippen molar-refractivity contribution in [2.75, 3.05) is 4.90 Å². The Labute approximate surface area is 408 Å². The average Bonchev–Trinajstić information content (AvgIpc) is 3.94. The van der Waals surface area contributed by atoms with E-state index in [0.717, 1.165) is 55.7 Å². The maximum atomic E-state index is 6.43. The highest BCUT2D eigenvalue weighted by atomic mass is 32.1. The summed E-state index contributed by atoms with van der Waals surface area (Å²) in [5.41, 5.74) is 17.1. The second-order valence-electron chi connectivity index (χ2n) is 20.5. The molecule has 0 saturated carbocycles. The van der Waals surface area contributed by atoms with E-state index in [1.165, 1.54) is 69.9 Å². The molecule has 2 nitrogen and oxygen atoms in total. The molecule has 10 aromatic carbocycles. The van der Waals surface area contributed by atoms with Crippen molar-refractivity contribution in [2.45, 2.75) is 52.4 Å². The zero-order chi connectivity index (χ0) is 47.0. The van der Waals surface area contributed by atoms with Gasteiger partial charge in [-0.25, -0.2) is 0 Å². The molecule has 0 unspecified atom stereocenters. The lowest BCUT2D eigenvalue weighted by molar-refractivity contribution is 0.569. The Hall–Kier alpha value is -7.72. The van der Waals surface area contributed by atoms with Gasteiger partial charge in [-0.3, -0.25) is 0 Å². The van der Waals surface area contributed by atoms with Crippen LogP contribution in [0.1, 0.15) is 52.7 Å². The highest BCUT2D eigenvalue weighted by Gasteiger charge is 2.26. The lowest BCUT2D eigenvalue weighted by atomic mass is 9.78.